The molecular formula is C23H16N2. The van der Waals surface area contributed by atoms with E-state index in [0.717, 1.165) is 0 Å². The van der Waals surface area contributed by atoms with E-state index < -0.39 is 0 Å². The Balaban J connectivity index is 1.86. The Morgan fingerprint density at radius 1 is 0.600 bits per heavy atom. The van der Waals surface area contributed by atoms with Gasteiger partial charge in [-0.3, -0.25) is 4.98 Å². The van der Waals surface area contributed by atoms with Crippen LogP contribution in [0.5, 0.6) is 0 Å². The van der Waals surface area contributed by atoms with Crippen molar-refractivity contribution in [3.8, 4) is 16.8 Å². The molecule has 2 heterocycles. The molecule has 0 atom stereocenters. The molecule has 0 bridgehead atoms. The molecule has 3 aromatic carbocycles. The molecule has 2 nitrogen and oxygen atoms in total. The minimum Gasteiger partial charge on any atom is -0.309 e. The number of fused-ring (bicyclic) bond motifs is 3. The van der Waals surface area contributed by atoms with E-state index in [-0.39, 0.29) is 0 Å². The summed E-state index contributed by atoms with van der Waals surface area (Å²) < 4.78 is 2.31. The monoisotopic (exact) mass is 320 g/mol. The van der Waals surface area contributed by atoms with Crippen LogP contribution in [-0.4, -0.2) is 9.55 Å². The Morgan fingerprint density at radius 2 is 1.32 bits per heavy atom. The summed E-state index contributed by atoms with van der Waals surface area (Å²) in [5, 5.41) is 2.41. The number of benzene rings is 3. The van der Waals surface area contributed by atoms with Crippen LogP contribution in [0.3, 0.4) is 0 Å². The first kappa shape index (κ1) is 14.0. The predicted octanol–water partition coefficient (Wildman–Crippen LogP) is 5.85. The standard InChI is InChI=1S/C23H16N2/c1-3-7-17(8-4-1)18-11-12-22-20(15-18)21-16-24-14-13-23(21)25(22)19-9-5-2-6-10-19/h1-16H. The number of pyridine rings is 1. The Hall–Kier alpha value is -3.39. The topological polar surface area (TPSA) is 17.8 Å². The van der Waals surface area contributed by atoms with Crippen molar-refractivity contribution in [2.45, 2.75) is 0 Å². The molecule has 5 rings (SSSR count). The molecule has 0 unspecified atom stereocenters. The number of para-hydroxylation sites is 1. The fraction of sp³-hybridized carbons (Fsp3) is 0. The molecule has 0 saturated carbocycles. The van der Waals surface area contributed by atoms with Crippen LogP contribution in [-0.2, 0) is 0 Å². The third-order valence-corrected chi connectivity index (χ3v) is 4.69. The first-order chi connectivity index (χ1) is 12.4. The number of nitrogens with zero attached hydrogens (tertiary/aromatic N) is 2. The molecule has 0 aliphatic carbocycles. The Bertz CT molecular complexity index is 1170. The van der Waals surface area contributed by atoms with Gasteiger partial charge in [0, 0.05) is 28.9 Å². The van der Waals surface area contributed by atoms with Crippen molar-refractivity contribution in [3.63, 3.8) is 0 Å². The van der Waals surface area contributed by atoms with Gasteiger partial charge in [-0.15, -0.1) is 0 Å². The summed E-state index contributed by atoms with van der Waals surface area (Å²) in [6, 6.07) is 29.8. The smallest absolute Gasteiger partial charge is 0.0571 e. The molecule has 0 aliphatic rings. The molecule has 0 radical (unpaired) electrons. The van der Waals surface area contributed by atoms with Gasteiger partial charge in [-0.1, -0.05) is 54.6 Å². The van der Waals surface area contributed by atoms with Gasteiger partial charge in [0.05, 0.1) is 11.0 Å². The lowest BCUT2D eigenvalue weighted by atomic mass is 10.0. The Kier molecular flexibility index (Phi) is 3.14. The van der Waals surface area contributed by atoms with Gasteiger partial charge in [0.25, 0.3) is 0 Å². The maximum Gasteiger partial charge on any atom is 0.0571 e. The highest BCUT2D eigenvalue weighted by Gasteiger charge is 2.12. The average molecular weight is 320 g/mol. The van der Waals surface area contributed by atoms with Crippen LogP contribution in [0.4, 0.5) is 0 Å². The lowest BCUT2D eigenvalue weighted by Crippen LogP contribution is -1.92. The van der Waals surface area contributed by atoms with Crippen LogP contribution in [0.25, 0.3) is 38.6 Å². The molecule has 0 spiro atoms. The summed E-state index contributed by atoms with van der Waals surface area (Å²) in [5.74, 6) is 0. The van der Waals surface area contributed by atoms with Gasteiger partial charge < -0.3 is 4.57 Å². The summed E-state index contributed by atoms with van der Waals surface area (Å²) in [5.41, 5.74) is 6.01. The van der Waals surface area contributed by atoms with Gasteiger partial charge in [-0.25, -0.2) is 0 Å². The molecular weight excluding hydrogens is 304 g/mol. The largest absolute Gasteiger partial charge is 0.309 e. The average Bonchev–Trinajstić information content (AvgIpc) is 3.03. The fourth-order valence-corrected chi connectivity index (χ4v) is 3.53. The van der Waals surface area contributed by atoms with E-state index in [9.17, 15) is 0 Å². The minimum atomic E-state index is 1.17. The van der Waals surface area contributed by atoms with Gasteiger partial charge in [-0.2, -0.15) is 0 Å². The van der Waals surface area contributed by atoms with E-state index >= 15 is 0 Å². The molecule has 0 saturated heterocycles. The maximum atomic E-state index is 4.36. The normalized spacial score (nSPS) is 11.2. The van der Waals surface area contributed by atoms with E-state index in [1.807, 2.05) is 24.5 Å². The van der Waals surface area contributed by atoms with Crippen molar-refractivity contribution in [2.75, 3.05) is 0 Å². The first-order valence-electron chi connectivity index (χ1n) is 8.41. The van der Waals surface area contributed by atoms with E-state index in [1.165, 1.54) is 38.6 Å². The molecule has 118 valence electrons. The number of rotatable bonds is 2. The predicted molar refractivity (Wildman–Crippen MR) is 104 cm³/mol. The second kappa shape index (κ2) is 5.60. The highest BCUT2D eigenvalue weighted by atomic mass is 15.0. The zero-order valence-electron chi connectivity index (χ0n) is 13.6. The minimum absolute atomic E-state index is 1.17. The number of hydrogen-bond acceptors (Lipinski definition) is 1. The van der Waals surface area contributed by atoms with E-state index in [1.54, 1.807) is 0 Å². The van der Waals surface area contributed by atoms with E-state index in [4.69, 9.17) is 0 Å². The lowest BCUT2D eigenvalue weighted by molar-refractivity contribution is 1.17. The van der Waals surface area contributed by atoms with Gasteiger partial charge in [0.2, 0.25) is 0 Å². The van der Waals surface area contributed by atoms with Crippen molar-refractivity contribution >= 4 is 21.8 Å². The second-order valence-electron chi connectivity index (χ2n) is 6.16. The highest BCUT2D eigenvalue weighted by molar-refractivity contribution is 6.10. The van der Waals surface area contributed by atoms with E-state index in [2.05, 4.69) is 82.3 Å². The van der Waals surface area contributed by atoms with Crippen LogP contribution in [0.1, 0.15) is 0 Å². The van der Waals surface area contributed by atoms with Crippen LogP contribution in [0, 0.1) is 0 Å². The number of aromatic nitrogens is 2. The van der Waals surface area contributed by atoms with Crippen molar-refractivity contribution in [3.05, 3.63) is 97.3 Å². The second-order valence-corrected chi connectivity index (χ2v) is 6.16. The lowest BCUT2D eigenvalue weighted by Gasteiger charge is -2.08. The third kappa shape index (κ3) is 2.23. The van der Waals surface area contributed by atoms with Crippen LogP contribution in [0.2, 0.25) is 0 Å². The Morgan fingerprint density at radius 3 is 2.12 bits per heavy atom. The first-order valence-corrected chi connectivity index (χ1v) is 8.41. The van der Waals surface area contributed by atoms with Gasteiger partial charge >= 0.3 is 0 Å². The van der Waals surface area contributed by atoms with Crippen LogP contribution >= 0.6 is 0 Å². The van der Waals surface area contributed by atoms with Crippen molar-refractivity contribution in [1.29, 1.82) is 0 Å². The third-order valence-electron chi connectivity index (χ3n) is 4.69. The zero-order valence-corrected chi connectivity index (χ0v) is 13.6. The maximum absolute atomic E-state index is 4.36. The molecule has 0 amide bonds. The summed E-state index contributed by atoms with van der Waals surface area (Å²) in [4.78, 5) is 4.36. The van der Waals surface area contributed by atoms with Crippen LogP contribution < -0.4 is 0 Å². The fourth-order valence-electron chi connectivity index (χ4n) is 3.53. The molecule has 2 aromatic heterocycles. The molecule has 2 heteroatoms. The quantitative estimate of drug-likeness (QED) is 0.399. The van der Waals surface area contributed by atoms with Gasteiger partial charge in [0.1, 0.15) is 0 Å². The van der Waals surface area contributed by atoms with Crippen molar-refractivity contribution in [1.82, 2.24) is 9.55 Å². The van der Waals surface area contributed by atoms with Gasteiger partial charge in [0.15, 0.2) is 0 Å². The van der Waals surface area contributed by atoms with Gasteiger partial charge in [-0.05, 0) is 41.5 Å². The molecule has 5 aromatic rings. The SMILES string of the molecule is c1ccc(-c2ccc3c(c2)c2cnccc2n3-c2ccccc2)cc1. The van der Waals surface area contributed by atoms with Crippen molar-refractivity contribution in [2.24, 2.45) is 0 Å². The number of hydrogen-bond donors (Lipinski definition) is 0. The summed E-state index contributed by atoms with van der Waals surface area (Å²) >= 11 is 0. The van der Waals surface area contributed by atoms with Crippen LogP contribution in [0.15, 0.2) is 97.3 Å². The van der Waals surface area contributed by atoms with Crippen molar-refractivity contribution < 1.29 is 0 Å². The molecule has 0 N–H and O–H groups in total. The zero-order chi connectivity index (χ0) is 16.6. The summed E-state index contributed by atoms with van der Waals surface area (Å²) in [6.45, 7) is 0. The Labute approximate surface area is 146 Å². The molecule has 0 aliphatic heterocycles. The molecule has 25 heavy (non-hydrogen) atoms. The molecule has 0 fully saturated rings. The summed E-state index contributed by atoms with van der Waals surface area (Å²) in [7, 11) is 0. The summed E-state index contributed by atoms with van der Waals surface area (Å²) in [6.07, 6.45) is 3.82. The highest BCUT2D eigenvalue weighted by Crippen LogP contribution is 2.34. The van der Waals surface area contributed by atoms with E-state index in [0.29, 0.717) is 0 Å².